The zero-order valence-corrected chi connectivity index (χ0v) is 18.0. The maximum atomic E-state index is 11.5. The summed E-state index contributed by atoms with van der Waals surface area (Å²) in [7, 11) is -2.69. The van der Waals surface area contributed by atoms with Gasteiger partial charge in [-0.1, -0.05) is 6.58 Å². The van der Waals surface area contributed by atoms with Gasteiger partial charge in [-0.05, 0) is 19.8 Å². The minimum atomic E-state index is -4.64. The molecular formula is C14H31NO10P2. The molecule has 0 aliphatic heterocycles. The highest BCUT2D eigenvalue weighted by atomic mass is 31.2. The lowest BCUT2D eigenvalue weighted by Crippen LogP contribution is -2.35. The van der Waals surface area contributed by atoms with E-state index in [1.807, 2.05) is 0 Å². The SMILES string of the molecule is C=C(C)C(=O)OCCCOP(=O)([O-])OCCCC[N+](C)(C)C.O=P(O)(O)O. The molecule has 0 aromatic heterocycles. The maximum absolute atomic E-state index is 11.5. The van der Waals surface area contributed by atoms with Gasteiger partial charge in [0, 0.05) is 12.0 Å². The van der Waals surface area contributed by atoms with Crippen LogP contribution < -0.4 is 4.89 Å². The lowest BCUT2D eigenvalue weighted by atomic mass is 10.3. The predicted molar refractivity (Wildman–Crippen MR) is 96.3 cm³/mol. The summed E-state index contributed by atoms with van der Waals surface area (Å²) in [4.78, 5) is 44.1. The number of hydrogen-bond acceptors (Lipinski definition) is 7. The molecule has 0 rings (SSSR count). The number of carbonyl (C=O) groups is 1. The first-order chi connectivity index (χ1) is 12.0. The van der Waals surface area contributed by atoms with E-state index in [9.17, 15) is 14.3 Å². The number of esters is 1. The zero-order valence-electron chi connectivity index (χ0n) is 16.2. The molecule has 0 aromatic rings. The lowest BCUT2D eigenvalue weighted by molar-refractivity contribution is -0.870. The standard InChI is InChI=1S/C14H28NO6P.H3O4P/c1-13(2)14(16)19-10-8-12-21-22(17,18)20-11-7-6-9-15(3,4)5;1-5(2,3)4/h1,6-12H2,2-5H3;(H3,1,2,3,4). The molecule has 0 bridgehead atoms. The van der Waals surface area contributed by atoms with Crippen molar-refractivity contribution in [2.45, 2.75) is 26.2 Å². The van der Waals surface area contributed by atoms with E-state index in [0.29, 0.717) is 12.0 Å². The molecule has 13 heteroatoms. The third-order valence-corrected chi connectivity index (χ3v) is 3.59. The second kappa shape index (κ2) is 13.5. The highest BCUT2D eigenvalue weighted by Gasteiger charge is 2.11. The number of unbranched alkanes of at least 4 members (excludes halogenated alkanes) is 1. The average molecular weight is 435 g/mol. The van der Waals surface area contributed by atoms with Gasteiger partial charge >= 0.3 is 13.8 Å². The molecule has 1 unspecified atom stereocenters. The fraction of sp³-hybridized carbons (Fsp3) is 0.786. The van der Waals surface area contributed by atoms with Crippen LogP contribution in [0.4, 0.5) is 0 Å². The Morgan fingerprint density at radius 3 is 1.85 bits per heavy atom. The molecular weight excluding hydrogens is 404 g/mol. The highest BCUT2D eigenvalue weighted by Crippen LogP contribution is 2.38. The fourth-order valence-electron chi connectivity index (χ4n) is 1.43. The van der Waals surface area contributed by atoms with Crippen molar-refractivity contribution in [2.24, 2.45) is 0 Å². The normalized spacial score (nSPS) is 13.9. The van der Waals surface area contributed by atoms with Crippen LogP contribution in [0.1, 0.15) is 26.2 Å². The molecule has 11 nitrogen and oxygen atoms in total. The minimum Gasteiger partial charge on any atom is -0.756 e. The van der Waals surface area contributed by atoms with Crippen LogP contribution in [0.25, 0.3) is 0 Å². The number of quaternary nitrogens is 1. The van der Waals surface area contributed by atoms with Crippen LogP contribution in [-0.4, -0.2) is 72.6 Å². The van der Waals surface area contributed by atoms with Gasteiger partial charge in [0.05, 0.1) is 47.5 Å². The lowest BCUT2D eigenvalue weighted by Gasteiger charge is -2.25. The van der Waals surface area contributed by atoms with Gasteiger partial charge in [0.1, 0.15) is 0 Å². The van der Waals surface area contributed by atoms with Crippen molar-refractivity contribution in [3.8, 4) is 0 Å². The molecule has 0 heterocycles. The summed E-state index contributed by atoms with van der Waals surface area (Å²) in [5, 5.41) is 0. The summed E-state index contributed by atoms with van der Waals surface area (Å²) in [6, 6.07) is 0. The van der Waals surface area contributed by atoms with Crippen molar-refractivity contribution in [1.82, 2.24) is 0 Å². The number of hydrogen-bond donors (Lipinski definition) is 3. The van der Waals surface area contributed by atoms with Crippen LogP contribution in [0.5, 0.6) is 0 Å². The second-order valence-electron chi connectivity index (χ2n) is 6.62. The Hall–Kier alpha value is -0.610. The van der Waals surface area contributed by atoms with E-state index in [1.165, 1.54) is 6.92 Å². The molecule has 0 aliphatic rings. The summed E-state index contributed by atoms with van der Waals surface area (Å²) in [5.41, 5.74) is 0.299. The van der Waals surface area contributed by atoms with Gasteiger partial charge in [0.25, 0.3) is 7.82 Å². The van der Waals surface area contributed by atoms with Crippen molar-refractivity contribution < 1.29 is 51.8 Å². The smallest absolute Gasteiger partial charge is 0.466 e. The van der Waals surface area contributed by atoms with Gasteiger partial charge in [0.15, 0.2) is 0 Å². The Morgan fingerprint density at radius 2 is 1.44 bits per heavy atom. The van der Waals surface area contributed by atoms with Crippen molar-refractivity contribution in [1.29, 1.82) is 0 Å². The Morgan fingerprint density at radius 1 is 1.00 bits per heavy atom. The zero-order chi connectivity index (χ0) is 21.7. The van der Waals surface area contributed by atoms with E-state index >= 15 is 0 Å². The molecule has 0 radical (unpaired) electrons. The van der Waals surface area contributed by atoms with Crippen molar-refractivity contribution in [3.63, 3.8) is 0 Å². The molecule has 27 heavy (non-hydrogen) atoms. The Balaban J connectivity index is 0. The minimum absolute atomic E-state index is 0.0786. The first-order valence-corrected chi connectivity index (χ1v) is 11.1. The Labute approximate surface area is 160 Å². The molecule has 0 aromatic carbocycles. The van der Waals surface area contributed by atoms with E-state index in [2.05, 4.69) is 32.2 Å². The van der Waals surface area contributed by atoms with Gasteiger partial charge in [-0.2, -0.15) is 0 Å². The number of phosphoric ester groups is 1. The van der Waals surface area contributed by atoms with Crippen LogP contribution in [0, 0.1) is 0 Å². The predicted octanol–water partition coefficient (Wildman–Crippen LogP) is 0.555. The van der Waals surface area contributed by atoms with Gasteiger partial charge in [-0.15, -0.1) is 0 Å². The quantitative estimate of drug-likeness (QED) is 0.130. The number of ether oxygens (including phenoxy) is 1. The van der Waals surface area contributed by atoms with E-state index in [0.717, 1.165) is 17.4 Å². The second-order valence-corrected chi connectivity index (χ2v) is 9.06. The third-order valence-electron chi connectivity index (χ3n) is 2.59. The fourth-order valence-corrected chi connectivity index (χ4v) is 2.21. The van der Waals surface area contributed by atoms with Crippen LogP contribution in [0.2, 0.25) is 0 Å². The van der Waals surface area contributed by atoms with Gasteiger partial charge < -0.3 is 37.8 Å². The summed E-state index contributed by atoms with van der Waals surface area (Å²) in [6.45, 7) is 6.04. The molecule has 3 N–H and O–H groups in total. The number of rotatable bonds is 12. The molecule has 1 atom stereocenters. The van der Waals surface area contributed by atoms with E-state index in [-0.39, 0.29) is 26.2 Å². The van der Waals surface area contributed by atoms with Gasteiger partial charge in [0.2, 0.25) is 0 Å². The molecule has 0 amide bonds. The largest absolute Gasteiger partial charge is 0.756 e. The van der Waals surface area contributed by atoms with E-state index in [1.54, 1.807) is 0 Å². The highest BCUT2D eigenvalue weighted by molar-refractivity contribution is 7.45. The van der Waals surface area contributed by atoms with E-state index in [4.69, 9.17) is 28.5 Å². The van der Waals surface area contributed by atoms with Crippen LogP contribution in [0.15, 0.2) is 12.2 Å². The number of phosphoric acid groups is 2. The molecule has 0 saturated carbocycles. The monoisotopic (exact) mass is 435 g/mol. The molecule has 0 spiro atoms. The van der Waals surface area contributed by atoms with Crippen LogP contribution in [0.3, 0.4) is 0 Å². The van der Waals surface area contributed by atoms with Crippen molar-refractivity contribution >= 4 is 21.6 Å². The summed E-state index contributed by atoms with van der Waals surface area (Å²) < 4.78 is 35.4. The van der Waals surface area contributed by atoms with Crippen molar-refractivity contribution in [2.75, 3.05) is 47.5 Å². The summed E-state index contributed by atoms with van der Waals surface area (Å²) in [6.07, 6.45) is 1.80. The summed E-state index contributed by atoms with van der Waals surface area (Å²) >= 11 is 0. The van der Waals surface area contributed by atoms with Crippen LogP contribution in [-0.2, 0) is 27.7 Å². The van der Waals surface area contributed by atoms with Crippen LogP contribution >= 0.6 is 15.6 Å². The average Bonchev–Trinajstić information content (AvgIpc) is 2.42. The summed E-state index contributed by atoms with van der Waals surface area (Å²) in [5.74, 6) is -0.501. The molecule has 0 saturated heterocycles. The van der Waals surface area contributed by atoms with E-state index < -0.39 is 21.6 Å². The van der Waals surface area contributed by atoms with Gasteiger partial charge in [-0.3, -0.25) is 4.57 Å². The molecule has 162 valence electrons. The van der Waals surface area contributed by atoms with Gasteiger partial charge in [-0.25, -0.2) is 9.36 Å². The first kappa shape index (κ1) is 28.6. The topological polar surface area (TPSA) is 163 Å². The molecule has 0 fully saturated rings. The Kier molecular flexibility index (Phi) is 14.3. The Bertz CT molecular complexity index is 532. The first-order valence-electron chi connectivity index (χ1n) is 8.05. The maximum Gasteiger partial charge on any atom is 0.466 e. The number of nitrogens with zero attached hydrogens (tertiary/aromatic N) is 1. The molecule has 0 aliphatic carbocycles. The third kappa shape index (κ3) is 27.7. The number of carbonyl (C=O) groups excluding carboxylic acids is 1. The van der Waals surface area contributed by atoms with Crippen molar-refractivity contribution in [3.05, 3.63) is 12.2 Å².